The molecule has 2 N–H and O–H groups in total. The molecule has 0 aliphatic carbocycles. The molecule has 0 aromatic heterocycles. The van der Waals surface area contributed by atoms with E-state index in [1.807, 2.05) is 18.2 Å². The molecule has 1 aromatic rings. The fourth-order valence-corrected chi connectivity index (χ4v) is 1.54. The molecular weight excluding hydrogens is 191 g/mol. The van der Waals surface area contributed by atoms with Gasteiger partial charge in [0.15, 0.2) is 0 Å². The maximum absolute atomic E-state index is 12.1. The lowest BCUT2D eigenvalue weighted by molar-refractivity contribution is 0.470. The minimum Gasteiger partial charge on any atom is -0.371 e. The normalized spacial score (nSPS) is 10.3. The van der Waals surface area contributed by atoms with Crippen LogP contribution in [0.3, 0.4) is 0 Å². The van der Waals surface area contributed by atoms with Crippen LogP contribution in [0.25, 0.3) is 0 Å². The molecule has 0 radical (unpaired) electrons. The van der Waals surface area contributed by atoms with Crippen LogP contribution in [-0.2, 0) is 0 Å². The van der Waals surface area contributed by atoms with Crippen molar-refractivity contribution in [2.45, 2.75) is 12.8 Å². The minimum absolute atomic E-state index is 0.258. The van der Waals surface area contributed by atoms with Crippen LogP contribution >= 0.6 is 0 Å². The van der Waals surface area contributed by atoms with Gasteiger partial charge in [0.05, 0.1) is 6.67 Å². The standard InChI is InChI=1S/C12H19FN2/c13-8-4-10-15(11-5-9-14)12-6-2-1-3-7-12/h1-3,6-7H,4-5,8-11,14H2. The van der Waals surface area contributed by atoms with Gasteiger partial charge >= 0.3 is 0 Å². The number of nitrogens with two attached hydrogens (primary N) is 1. The summed E-state index contributed by atoms with van der Waals surface area (Å²) >= 11 is 0. The highest BCUT2D eigenvalue weighted by atomic mass is 19.1. The van der Waals surface area contributed by atoms with Gasteiger partial charge in [0.1, 0.15) is 0 Å². The summed E-state index contributed by atoms with van der Waals surface area (Å²) in [5.41, 5.74) is 6.64. The molecule has 0 saturated heterocycles. The Bertz CT molecular complexity index is 243. The molecular formula is C12H19FN2. The van der Waals surface area contributed by atoms with Crippen molar-refractivity contribution in [2.75, 3.05) is 31.2 Å². The van der Waals surface area contributed by atoms with Crippen LogP contribution in [0, 0.1) is 0 Å². The first-order chi connectivity index (χ1) is 7.38. The first kappa shape index (κ1) is 12.0. The van der Waals surface area contributed by atoms with E-state index in [0.29, 0.717) is 13.0 Å². The lowest BCUT2D eigenvalue weighted by Gasteiger charge is -2.24. The van der Waals surface area contributed by atoms with E-state index in [2.05, 4.69) is 17.0 Å². The second-order valence-electron chi connectivity index (χ2n) is 3.51. The van der Waals surface area contributed by atoms with Gasteiger partial charge < -0.3 is 10.6 Å². The monoisotopic (exact) mass is 210 g/mol. The number of hydrogen-bond donors (Lipinski definition) is 1. The molecule has 0 atom stereocenters. The van der Waals surface area contributed by atoms with Gasteiger partial charge in [-0.25, -0.2) is 0 Å². The molecule has 84 valence electrons. The van der Waals surface area contributed by atoms with Crippen LogP contribution in [0.1, 0.15) is 12.8 Å². The Morgan fingerprint density at radius 1 is 1.07 bits per heavy atom. The topological polar surface area (TPSA) is 29.3 Å². The van der Waals surface area contributed by atoms with E-state index in [0.717, 1.165) is 25.2 Å². The highest BCUT2D eigenvalue weighted by Crippen LogP contribution is 2.13. The zero-order chi connectivity index (χ0) is 10.9. The Kier molecular flexibility index (Phi) is 5.78. The molecule has 0 unspecified atom stereocenters. The van der Waals surface area contributed by atoms with Crippen molar-refractivity contribution < 1.29 is 4.39 Å². The number of nitrogens with zero attached hydrogens (tertiary/aromatic N) is 1. The molecule has 0 fully saturated rings. The van der Waals surface area contributed by atoms with Crippen LogP contribution in [0.2, 0.25) is 0 Å². The van der Waals surface area contributed by atoms with E-state index in [1.165, 1.54) is 0 Å². The number of para-hydroxylation sites is 1. The predicted molar refractivity (Wildman–Crippen MR) is 62.9 cm³/mol. The zero-order valence-corrected chi connectivity index (χ0v) is 9.03. The molecule has 0 spiro atoms. The Labute approximate surface area is 90.9 Å². The van der Waals surface area contributed by atoms with Gasteiger partial charge in [-0.3, -0.25) is 4.39 Å². The van der Waals surface area contributed by atoms with Crippen molar-refractivity contribution >= 4 is 5.69 Å². The first-order valence-corrected chi connectivity index (χ1v) is 5.44. The highest BCUT2D eigenvalue weighted by Gasteiger charge is 2.04. The quantitative estimate of drug-likeness (QED) is 0.747. The SMILES string of the molecule is NCCCN(CCCF)c1ccccc1. The maximum Gasteiger partial charge on any atom is 0.0911 e. The van der Waals surface area contributed by atoms with E-state index in [-0.39, 0.29) is 6.67 Å². The maximum atomic E-state index is 12.1. The third kappa shape index (κ3) is 4.30. The number of alkyl halides is 1. The number of halogens is 1. The largest absolute Gasteiger partial charge is 0.371 e. The van der Waals surface area contributed by atoms with Gasteiger partial charge in [-0.05, 0) is 31.5 Å². The molecule has 2 nitrogen and oxygen atoms in total. The summed E-state index contributed by atoms with van der Waals surface area (Å²) in [4.78, 5) is 2.19. The van der Waals surface area contributed by atoms with Crippen molar-refractivity contribution in [1.29, 1.82) is 0 Å². The number of hydrogen-bond acceptors (Lipinski definition) is 2. The van der Waals surface area contributed by atoms with Gasteiger partial charge in [0.25, 0.3) is 0 Å². The van der Waals surface area contributed by atoms with E-state index in [4.69, 9.17) is 5.73 Å². The lowest BCUT2D eigenvalue weighted by atomic mass is 10.2. The van der Waals surface area contributed by atoms with Crippen molar-refractivity contribution in [3.63, 3.8) is 0 Å². The summed E-state index contributed by atoms with van der Waals surface area (Å²) in [5, 5.41) is 0. The summed E-state index contributed by atoms with van der Waals surface area (Å²) in [5.74, 6) is 0. The van der Waals surface area contributed by atoms with Crippen LogP contribution in [0.4, 0.5) is 10.1 Å². The van der Waals surface area contributed by atoms with E-state index in [1.54, 1.807) is 0 Å². The van der Waals surface area contributed by atoms with Gasteiger partial charge in [-0.2, -0.15) is 0 Å². The molecule has 0 bridgehead atoms. The average molecular weight is 210 g/mol. The summed E-state index contributed by atoms with van der Waals surface area (Å²) in [7, 11) is 0. The Hall–Kier alpha value is -1.09. The molecule has 1 rings (SSSR count). The third-order valence-corrected chi connectivity index (χ3v) is 2.32. The number of anilines is 1. The van der Waals surface area contributed by atoms with E-state index < -0.39 is 0 Å². The zero-order valence-electron chi connectivity index (χ0n) is 9.03. The van der Waals surface area contributed by atoms with E-state index >= 15 is 0 Å². The predicted octanol–water partition coefficient (Wildman–Crippen LogP) is 2.20. The fourth-order valence-electron chi connectivity index (χ4n) is 1.54. The van der Waals surface area contributed by atoms with Gasteiger partial charge in [0.2, 0.25) is 0 Å². The van der Waals surface area contributed by atoms with Gasteiger partial charge in [0, 0.05) is 18.8 Å². The van der Waals surface area contributed by atoms with Gasteiger partial charge in [-0.15, -0.1) is 0 Å². The van der Waals surface area contributed by atoms with Crippen LogP contribution in [-0.4, -0.2) is 26.3 Å². The Morgan fingerprint density at radius 3 is 2.33 bits per heavy atom. The number of benzene rings is 1. The molecule has 15 heavy (non-hydrogen) atoms. The van der Waals surface area contributed by atoms with Crippen molar-refractivity contribution in [1.82, 2.24) is 0 Å². The molecule has 1 aromatic carbocycles. The third-order valence-electron chi connectivity index (χ3n) is 2.32. The second kappa shape index (κ2) is 7.23. The fraction of sp³-hybridized carbons (Fsp3) is 0.500. The van der Waals surface area contributed by atoms with Crippen molar-refractivity contribution in [2.24, 2.45) is 5.73 Å². The first-order valence-electron chi connectivity index (χ1n) is 5.44. The Balaban J connectivity index is 2.55. The van der Waals surface area contributed by atoms with Gasteiger partial charge in [-0.1, -0.05) is 18.2 Å². The van der Waals surface area contributed by atoms with Crippen LogP contribution in [0.15, 0.2) is 30.3 Å². The Morgan fingerprint density at radius 2 is 1.73 bits per heavy atom. The second-order valence-corrected chi connectivity index (χ2v) is 3.51. The summed E-state index contributed by atoms with van der Waals surface area (Å²) in [6.45, 7) is 2.09. The molecule has 0 amide bonds. The average Bonchev–Trinajstić information content (AvgIpc) is 2.30. The lowest BCUT2D eigenvalue weighted by Crippen LogP contribution is -2.27. The van der Waals surface area contributed by atoms with Crippen LogP contribution < -0.4 is 10.6 Å². The number of rotatable bonds is 7. The van der Waals surface area contributed by atoms with E-state index in [9.17, 15) is 4.39 Å². The van der Waals surface area contributed by atoms with Crippen molar-refractivity contribution in [3.8, 4) is 0 Å². The minimum atomic E-state index is -0.258. The molecule has 0 aliphatic rings. The summed E-state index contributed by atoms with van der Waals surface area (Å²) < 4.78 is 12.1. The molecule has 3 heteroatoms. The molecule has 0 saturated carbocycles. The molecule has 0 heterocycles. The van der Waals surface area contributed by atoms with Crippen molar-refractivity contribution in [3.05, 3.63) is 30.3 Å². The highest BCUT2D eigenvalue weighted by molar-refractivity contribution is 5.45. The smallest absolute Gasteiger partial charge is 0.0911 e. The molecule has 0 aliphatic heterocycles. The summed E-state index contributed by atoms with van der Waals surface area (Å²) in [6, 6.07) is 10.1. The summed E-state index contributed by atoms with van der Waals surface area (Å²) in [6.07, 6.45) is 1.53. The van der Waals surface area contributed by atoms with Crippen LogP contribution in [0.5, 0.6) is 0 Å².